The van der Waals surface area contributed by atoms with Crippen LogP contribution in [0.15, 0.2) is 59.5 Å². The van der Waals surface area contributed by atoms with Gasteiger partial charge in [-0.2, -0.15) is 17.8 Å². The van der Waals surface area contributed by atoms with Gasteiger partial charge in [-0.25, -0.2) is 0 Å². The van der Waals surface area contributed by atoms with E-state index in [2.05, 4.69) is 12.1 Å². The number of rotatable bonds is 6. The van der Waals surface area contributed by atoms with Crippen molar-refractivity contribution in [3.8, 4) is 0 Å². The molecule has 0 atom stereocenters. The number of carbonyl (C=O) groups excluding carboxylic acids is 1. The summed E-state index contributed by atoms with van der Waals surface area (Å²) in [5, 5.41) is 1.50. The number of benzene rings is 2. The molecule has 2 fully saturated rings. The van der Waals surface area contributed by atoms with Crippen LogP contribution in [0.1, 0.15) is 36.8 Å². The van der Waals surface area contributed by atoms with Crippen molar-refractivity contribution in [3.05, 3.63) is 65.7 Å². The summed E-state index contributed by atoms with van der Waals surface area (Å²) in [5.41, 5.74) is 1.61. The number of hydroxylamine groups is 2. The molecule has 4 rings (SSSR count). The van der Waals surface area contributed by atoms with Crippen LogP contribution in [0.25, 0.3) is 0 Å². The van der Waals surface area contributed by atoms with E-state index in [0.29, 0.717) is 32.4 Å². The fraction of sp³-hybridized carbons (Fsp3) is 0.458. The fourth-order valence-electron chi connectivity index (χ4n) is 4.58. The smallest absolute Gasteiger partial charge is 0.313 e. The van der Waals surface area contributed by atoms with Crippen molar-refractivity contribution in [2.45, 2.75) is 43.9 Å². The lowest BCUT2D eigenvalue weighted by atomic mass is 9.73. The summed E-state index contributed by atoms with van der Waals surface area (Å²) in [6.07, 6.45) is 3.91. The van der Waals surface area contributed by atoms with Crippen LogP contribution in [-0.4, -0.2) is 50.5 Å². The molecular formula is C24H30N2O4S. The first-order chi connectivity index (χ1) is 14.9. The number of hydrogen-bond acceptors (Lipinski definition) is 5. The monoisotopic (exact) mass is 442 g/mol. The number of aryl methyl sites for hydroxylation is 1. The average molecular weight is 443 g/mol. The predicted molar refractivity (Wildman–Crippen MR) is 119 cm³/mol. The van der Waals surface area contributed by atoms with E-state index in [-0.39, 0.29) is 10.8 Å². The Kier molecular flexibility index (Phi) is 6.46. The highest BCUT2D eigenvalue weighted by Crippen LogP contribution is 2.38. The van der Waals surface area contributed by atoms with Gasteiger partial charge in [0.05, 0.1) is 10.3 Å². The molecule has 0 N–H and O–H groups in total. The molecule has 7 heteroatoms. The van der Waals surface area contributed by atoms with Crippen LogP contribution >= 0.6 is 0 Å². The molecule has 0 unspecified atom stereocenters. The van der Waals surface area contributed by atoms with Crippen molar-refractivity contribution in [1.29, 1.82) is 0 Å². The lowest BCUT2D eigenvalue weighted by Crippen LogP contribution is -2.51. The molecular weight excluding hydrogens is 412 g/mol. The molecule has 0 spiro atoms. The molecule has 166 valence electrons. The maximum atomic E-state index is 13.5. The summed E-state index contributed by atoms with van der Waals surface area (Å²) < 4.78 is 30.8. The predicted octanol–water partition coefficient (Wildman–Crippen LogP) is 3.56. The highest BCUT2D eigenvalue weighted by molar-refractivity contribution is 7.86. The second kappa shape index (κ2) is 9.10. The van der Waals surface area contributed by atoms with E-state index in [0.717, 1.165) is 37.1 Å². The molecule has 0 aromatic heterocycles. The summed E-state index contributed by atoms with van der Waals surface area (Å²) in [4.78, 5) is 15.7. The van der Waals surface area contributed by atoms with Gasteiger partial charge in [0.25, 0.3) is 0 Å². The molecule has 0 aliphatic carbocycles. The van der Waals surface area contributed by atoms with E-state index in [1.165, 1.54) is 5.06 Å². The van der Waals surface area contributed by atoms with Crippen LogP contribution in [0.3, 0.4) is 0 Å². The minimum Gasteiger partial charge on any atom is -0.342 e. The minimum absolute atomic E-state index is 0.146. The molecule has 2 heterocycles. The first kappa shape index (κ1) is 22.0. The molecule has 1 amide bonds. The van der Waals surface area contributed by atoms with E-state index in [9.17, 15) is 13.2 Å². The van der Waals surface area contributed by atoms with E-state index in [4.69, 9.17) is 4.28 Å². The van der Waals surface area contributed by atoms with E-state index >= 15 is 0 Å². The second-order valence-corrected chi connectivity index (χ2v) is 10.2. The van der Waals surface area contributed by atoms with Crippen molar-refractivity contribution < 1.29 is 17.5 Å². The van der Waals surface area contributed by atoms with Crippen molar-refractivity contribution >= 4 is 16.0 Å². The van der Waals surface area contributed by atoms with Crippen molar-refractivity contribution in [2.75, 3.05) is 26.2 Å². The maximum Gasteiger partial charge on any atom is 0.313 e. The SMILES string of the molecule is Cc1ccc(S(=O)(=O)ON2CCC(Cc3ccccc3)(C(=O)N3CCCC3)CC2)cc1. The van der Waals surface area contributed by atoms with Gasteiger partial charge >= 0.3 is 10.1 Å². The van der Waals surface area contributed by atoms with Gasteiger partial charge in [-0.3, -0.25) is 4.79 Å². The minimum atomic E-state index is -3.88. The molecule has 0 radical (unpaired) electrons. The van der Waals surface area contributed by atoms with Gasteiger partial charge in [0.2, 0.25) is 5.91 Å². The van der Waals surface area contributed by atoms with Crippen molar-refractivity contribution in [1.82, 2.24) is 9.96 Å². The third-order valence-corrected chi connectivity index (χ3v) is 7.68. The summed E-state index contributed by atoms with van der Waals surface area (Å²) in [7, 11) is -3.88. The van der Waals surface area contributed by atoms with Crippen molar-refractivity contribution in [3.63, 3.8) is 0 Å². The van der Waals surface area contributed by atoms with Gasteiger partial charge in [0.1, 0.15) is 0 Å². The zero-order valence-corrected chi connectivity index (χ0v) is 18.8. The molecule has 2 aromatic rings. The van der Waals surface area contributed by atoms with Gasteiger partial charge in [-0.05, 0) is 56.7 Å². The summed E-state index contributed by atoms with van der Waals surface area (Å²) in [5.74, 6) is 0.204. The second-order valence-electron chi connectivity index (χ2n) is 8.71. The summed E-state index contributed by atoms with van der Waals surface area (Å²) in [6, 6.07) is 16.7. The molecule has 6 nitrogen and oxygen atoms in total. The summed E-state index contributed by atoms with van der Waals surface area (Å²) >= 11 is 0. The first-order valence-corrected chi connectivity index (χ1v) is 12.4. The highest BCUT2D eigenvalue weighted by Gasteiger charge is 2.45. The Labute approximate surface area is 184 Å². The lowest BCUT2D eigenvalue weighted by molar-refractivity contribution is -0.151. The van der Waals surface area contributed by atoms with Gasteiger partial charge in [0, 0.05) is 26.2 Å². The zero-order chi connectivity index (χ0) is 21.9. The fourth-order valence-corrected chi connectivity index (χ4v) is 5.57. The van der Waals surface area contributed by atoms with Crippen LogP contribution in [0.4, 0.5) is 0 Å². The van der Waals surface area contributed by atoms with Crippen LogP contribution in [0, 0.1) is 12.3 Å². The third-order valence-electron chi connectivity index (χ3n) is 6.42. The number of nitrogens with zero attached hydrogens (tertiary/aromatic N) is 2. The molecule has 2 aliphatic rings. The Morgan fingerprint density at radius 1 is 0.935 bits per heavy atom. The summed E-state index contributed by atoms with van der Waals surface area (Å²) in [6.45, 7) is 4.34. The standard InChI is InChI=1S/C24H30N2O4S/c1-20-9-11-22(12-10-20)31(28,29)30-26-17-13-24(14-18-26,19-21-7-3-2-4-8-21)23(27)25-15-5-6-16-25/h2-4,7-12H,5-6,13-19H2,1H3. The Morgan fingerprint density at radius 3 is 2.16 bits per heavy atom. The number of hydrogen-bond donors (Lipinski definition) is 0. The Morgan fingerprint density at radius 2 is 1.55 bits per heavy atom. The largest absolute Gasteiger partial charge is 0.342 e. The number of amides is 1. The van der Waals surface area contributed by atoms with Gasteiger partial charge < -0.3 is 4.90 Å². The molecule has 31 heavy (non-hydrogen) atoms. The zero-order valence-electron chi connectivity index (χ0n) is 18.0. The topological polar surface area (TPSA) is 66.9 Å². The molecule has 0 saturated carbocycles. The highest BCUT2D eigenvalue weighted by atomic mass is 32.2. The van der Waals surface area contributed by atoms with Gasteiger partial charge in [0.15, 0.2) is 0 Å². The van der Waals surface area contributed by atoms with Crippen LogP contribution < -0.4 is 0 Å². The average Bonchev–Trinajstić information content (AvgIpc) is 3.30. The van der Waals surface area contributed by atoms with Crippen LogP contribution in [-0.2, 0) is 25.6 Å². The maximum absolute atomic E-state index is 13.5. The van der Waals surface area contributed by atoms with E-state index < -0.39 is 15.5 Å². The Hall–Kier alpha value is -2.22. The van der Waals surface area contributed by atoms with Gasteiger partial charge in [-0.15, -0.1) is 0 Å². The molecule has 2 aromatic carbocycles. The van der Waals surface area contributed by atoms with Gasteiger partial charge in [-0.1, -0.05) is 48.0 Å². The molecule has 0 bridgehead atoms. The number of carbonyl (C=O) groups is 1. The first-order valence-electron chi connectivity index (χ1n) is 11.0. The Balaban J connectivity index is 1.48. The number of likely N-dealkylation sites (tertiary alicyclic amines) is 1. The number of piperidine rings is 1. The van der Waals surface area contributed by atoms with Crippen LogP contribution in [0.2, 0.25) is 0 Å². The molecule has 2 aliphatic heterocycles. The van der Waals surface area contributed by atoms with Crippen LogP contribution in [0.5, 0.6) is 0 Å². The Bertz CT molecular complexity index is 992. The third kappa shape index (κ3) is 5.00. The van der Waals surface area contributed by atoms with E-state index in [1.807, 2.05) is 30.0 Å². The quantitative estimate of drug-likeness (QED) is 0.684. The molecule has 2 saturated heterocycles. The van der Waals surface area contributed by atoms with E-state index in [1.54, 1.807) is 24.3 Å². The van der Waals surface area contributed by atoms with Crippen molar-refractivity contribution in [2.24, 2.45) is 5.41 Å². The lowest BCUT2D eigenvalue weighted by Gasteiger charge is -2.41. The normalized spacial score (nSPS) is 19.5.